The lowest BCUT2D eigenvalue weighted by Crippen LogP contribution is -2.54. The fraction of sp³-hybridized carbons (Fsp3) is 0.381. The molecule has 0 aliphatic carbocycles. The number of rotatable bonds is 6. The molecule has 0 aliphatic heterocycles. The Morgan fingerprint density at radius 1 is 1.07 bits per heavy atom. The van der Waals surface area contributed by atoms with Crippen LogP contribution < -0.4 is 10.3 Å². The molecule has 0 saturated heterocycles. The largest absolute Gasteiger partial charge is 0.744 e. The quantitative estimate of drug-likeness (QED) is 0.440. The lowest BCUT2D eigenvalue weighted by molar-refractivity contribution is -0.924. The van der Waals surface area contributed by atoms with Crippen molar-refractivity contribution < 1.29 is 22.4 Å². The predicted molar refractivity (Wildman–Crippen MR) is 115 cm³/mol. The summed E-state index contributed by atoms with van der Waals surface area (Å²) in [6, 6.07) is 13.4. The Kier molecular flexibility index (Phi) is 8.81. The summed E-state index contributed by atoms with van der Waals surface area (Å²) in [5.41, 5.74) is 5.62. The molecule has 8 heteroatoms. The van der Waals surface area contributed by atoms with Crippen molar-refractivity contribution in [1.29, 1.82) is 0 Å². The van der Waals surface area contributed by atoms with Crippen LogP contribution >= 0.6 is 0 Å². The number of para-hydroxylation sites is 1. The van der Waals surface area contributed by atoms with Gasteiger partial charge in [0.25, 0.3) is 5.91 Å². The van der Waals surface area contributed by atoms with Gasteiger partial charge in [0.2, 0.25) is 0 Å². The number of aryl methyl sites for hydroxylation is 1. The molecule has 0 bridgehead atoms. The number of nitrogens with zero attached hydrogens (tertiary/aromatic N) is 2. The Balaban J connectivity index is 0.000000326. The van der Waals surface area contributed by atoms with Crippen molar-refractivity contribution >= 4 is 21.7 Å². The van der Waals surface area contributed by atoms with Crippen LogP contribution in [0, 0.1) is 6.92 Å². The maximum atomic E-state index is 12.3. The van der Waals surface area contributed by atoms with Crippen LogP contribution in [0.3, 0.4) is 0 Å². The zero-order valence-corrected chi connectivity index (χ0v) is 18.8. The molecule has 2 aromatic carbocycles. The highest BCUT2D eigenvalue weighted by molar-refractivity contribution is 7.85. The van der Waals surface area contributed by atoms with Crippen LogP contribution in [-0.2, 0) is 10.1 Å². The highest BCUT2D eigenvalue weighted by atomic mass is 32.2. The van der Waals surface area contributed by atoms with E-state index in [0.29, 0.717) is 10.2 Å². The predicted octanol–water partition coefficient (Wildman–Crippen LogP) is 2.78. The number of nitrogens with one attached hydrogen (secondary N) is 1. The third kappa shape index (κ3) is 8.23. The van der Waals surface area contributed by atoms with Gasteiger partial charge in [-0.05, 0) is 37.6 Å². The van der Waals surface area contributed by atoms with Crippen molar-refractivity contribution in [3.63, 3.8) is 0 Å². The number of quaternary nitrogens is 1. The molecule has 2 aromatic rings. The summed E-state index contributed by atoms with van der Waals surface area (Å²) in [6.45, 7) is 4.84. The summed E-state index contributed by atoms with van der Waals surface area (Å²) in [5, 5.41) is 0. The van der Waals surface area contributed by atoms with Gasteiger partial charge >= 0.3 is 0 Å². The first-order chi connectivity index (χ1) is 13.4. The maximum Gasteiger partial charge on any atom is 0.298 e. The SMILES string of the molecule is CCC[N+](C)(C)NC(=O)c1ccccc1N(C)C.Cc1ccc(S(=O)(=O)[O-])cc1. The number of anilines is 1. The molecule has 0 atom stereocenters. The van der Waals surface area contributed by atoms with Gasteiger partial charge in [-0.25, -0.2) is 13.0 Å². The Morgan fingerprint density at radius 3 is 2.10 bits per heavy atom. The second-order valence-electron chi connectivity index (χ2n) is 7.53. The van der Waals surface area contributed by atoms with Crippen molar-refractivity contribution in [2.24, 2.45) is 0 Å². The zero-order chi connectivity index (χ0) is 22.2. The first-order valence-corrected chi connectivity index (χ1v) is 10.7. The molecule has 0 unspecified atom stereocenters. The van der Waals surface area contributed by atoms with Gasteiger partial charge in [-0.2, -0.15) is 5.43 Å². The summed E-state index contributed by atoms with van der Waals surface area (Å²) < 4.78 is 31.7. The van der Waals surface area contributed by atoms with Gasteiger partial charge in [-0.15, -0.1) is 0 Å². The standard InChI is InChI=1S/C14H23N3O.C7H8O3S/c1-6-11-17(4,5)15-14(18)12-9-7-8-10-13(12)16(2)3;1-6-2-4-7(5-3-6)11(8,9)10/h7-10H,6,11H2,1-5H3;2-5H,1H3,(H,8,9,10). The Labute approximate surface area is 174 Å². The number of carbonyl (C=O) groups excluding carboxylic acids is 1. The lowest BCUT2D eigenvalue weighted by atomic mass is 10.1. The highest BCUT2D eigenvalue weighted by Crippen LogP contribution is 2.18. The molecule has 0 heterocycles. The van der Waals surface area contributed by atoms with E-state index in [2.05, 4.69) is 12.3 Å². The van der Waals surface area contributed by atoms with Gasteiger partial charge in [0, 0.05) is 19.8 Å². The minimum Gasteiger partial charge on any atom is -0.744 e. The minimum atomic E-state index is -4.27. The van der Waals surface area contributed by atoms with E-state index in [9.17, 15) is 17.8 Å². The molecule has 0 aromatic heterocycles. The summed E-state index contributed by atoms with van der Waals surface area (Å²) in [4.78, 5) is 14.1. The molecule has 1 N–H and O–H groups in total. The van der Waals surface area contributed by atoms with Gasteiger partial charge in [0.1, 0.15) is 16.7 Å². The smallest absolute Gasteiger partial charge is 0.298 e. The van der Waals surface area contributed by atoms with E-state index in [1.165, 1.54) is 12.1 Å². The van der Waals surface area contributed by atoms with Crippen LogP contribution in [0.1, 0.15) is 29.3 Å². The molecule has 0 fully saturated rings. The molecule has 0 aliphatic rings. The molecular formula is C21H31N3O4S. The van der Waals surface area contributed by atoms with Crippen molar-refractivity contribution in [3.05, 3.63) is 59.7 Å². The van der Waals surface area contributed by atoms with Crippen molar-refractivity contribution in [1.82, 2.24) is 5.43 Å². The second-order valence-corrected chi connectivity index (χ2v) is 8.91. The highest BCUT2D eigenvalue weighted by Gasteiger charge is 2.21. The van der Waals surface area contributed by atoms with E-state index in [1.54, 1.807) is 12.1 Å². The molecule has 0 radical (unpaired) electrons. The van der Waals surface area contributed by atoms with E-state index < -0.39 is 10.1 Å². The number of hydrogen-bond donors (Lipinski definition) is 1. The average Bonchev–Trinajstić information content (AvgIpc) is 2.61. The van der Waals surface area contributed by atoms with Crippen LogP contribution in [0.25, 0.3) is 0 Å². The number of amides is 1. The molecular weight excluding hydrogens is 390 g/mol. The first kappa shape index (κ1) is 24.6. The second kappa shape index (κ2) is 10.4. The van der Waals surface area contributed by atoms with Crippen molar-refractivity contribution in [3.8, 4) is 0 Å². The Bertz CT molecular complexity index is 908. The topological polar surface area (TPSA) is 89.5 Å². The lowest BCUT2D eigenvalue weighted by Gasteiger charge is -2.29. The van der Waals surface area contributed by atoms with Crippen LogP contribution in [0.5, 0.6) is 0 Å². The summed E-state index contributed by atoms with van der Waals surface area (Å²) in [5.74, 6) is -0.0299. The summed E-state index contributed by atoms with van der Waals surface area (Å²) in [6.07, 6.45) is 1.03. The maximum absolute atomic E-state index is 12.3. The van der Waals surface area contributed by atoms with Gasteiger partial charge < -0.3 is 9.45 Å². The fourth-order valence-corrected chi connectivity index (χ4v) is 3.18. The molecule has 7 nitrogen and oxygen atoms in total. The van der Waals surface area contributed by atoms with Crippen LogP contribution in [-0.4, -0.2) is 58.2 Å². The van der Waals surface area contributed by atoms with Crippen molar-refractivity contribution in [2.45, 2.75) is 25.2 Å². The van der Waals surface area contributed by atoms with Crippen LogP contribution in [0.4, 0.5) is 5.69 Å². The van der Waals surface area contributed by atoms with Crippen LogP contribution in [0.15, 0.2) is 53.4 Å². The Morgan fingerprint density at radius 2 is 1.62 bits per heavy atom. The van der Waals surface area contributed by atoms with E-state index in [4.69, 9.17) is 0 Å². The molecule has 0 saturated carbocycles. The van der Waals surface area contributed by atoms with Crippen molar-refractivity contribution in [2.75, 3.05) is 39.6 Å². The van der Waals surface area contributed by atoms with E-state index in [0.717, 1.165) is 24.2 Å². The Hall–Kier alpha value is -2.42. The number of hydrogen-bond acceptors (Lipinski definition) is 5. The van der Waals surface area contributed by atoms with Gasteiger partial charge in [-0.3, -0.25) is 4.79 Å². The fourth-order valence-electron chi connectivity index (χ4n) is 2.71. The first-order valence-electron chi connectivity index (χ1n) is 9.32. The number of benzene rings is 2. The minimum absolute atomic E-state index is 0.0299. The summed E-state index contributed by atoms with van der Waals surface area (Å²) >= 11 is 0. The van der Waals surface area contributed by atoms with Crippen LogP contribution in [0.2, 0.25) is 0 Å². The monoisotopic (exact) mass is 421 g/mol. The van der Waals surface area contributed by atoms with Gasteiger partial charge in [0.15, 0.2) is 0 Å². The zero-order valence-electron chi connectivity index (χ0n) is 18.0. The molecule has 160 valence electrons. The summed E-state index contributed by atoms with van der Waals surface area (Å²) in [7, 11) is 3.61. The van der Waals surface area contributed by atoms with E-state index in [-0.39, 0.29) is 10.8 Å². The molecule has 0 spiro atoms. The number of carbonyl (C=O) groups is 1. The third-order valence-electron chi connectivity index (χ3n) is 4.13. The third-order valence-corrected chi connectivity index (χ3v) is 4.98. The molecule has 2 rings (SSSR count). The molecule has 1 amide bonds. The average molecular weight is 422 g/mol. The van der Waals surface area contributed by atoms with Gasteiger partial charge in [0.05, 0.1) is 24.6 Å². The normalized spacial score (nSPS) is 11.3. The van der Waals surface area contributed by atoms with E-state index >= 15 is 0 Å². The molecule has 29 heavy (non-hydrogen) atoms. The van der Waals surface area contributed by atoms with E-state index in [1.807, 2.05) is 64.3 Å². The van der Waals surface area contributed by atoms with Gasteiger partial charge in [-0.1, -0.05) is 36.8 Å².